The molecule has 4 aromatic rings. The third kappa shape index (κ3) is 3.46. The highest BCUT2D eigenvalue weighted by Crippen LogP contribution is 2.29. The summed E-state index contributed by atoms with van der Waals surface area (Å²) in [4.78, 5) is 28.6. The Balaban J connectivity index is 1.71. The second-order valence-corrected chi connectivity index (χ2v) is 6.97. The monoisotopic (exact) mass is 403 g/mol. The molecule has 0 saturated heterocycles. The molecule has 0 aliphatic heterocycles. The van der Waals surface area contributed by atoms with Crippen molar-refractivity contribution in [2.75, 3.05) is 5.73 Å². The molecule has 0 aliphatic carbocycles. The molecular weight excluding hydrogens is 393 g/mol. The number of ether oxygens (including phenoxy) is 1. The van der Waals surface area contributed by atoms with Crippen molar-refractivity contribution in [2.24, 2.45) is 0 Å². The van der Waals surface area contributed by atoms with Gasteiger partial charge in [-0.25, -0.2) is 14.4 Å². The first-order valence-corrected chi connectivity index (χ1v) is 8.88. The quantitative estimate of drug-likeness (QED) is 0.540. The zero-order chi connectivity index (χ0) is 19.0. The Morgan fingerprint density at radius 2 is 2.15 bits per heavy atom. The molecule has 4 rings (SSSR count). The number of nitrogen functional groups attached to an aromatic ring is 1. The number of fused-ring (bicyclic) bond motifs is 1. The minimum atomic E-state index is -0.541. The van der Waals surface area contributed by atoms with Gasteiger partial charge in [0.25, 0.3) is 5.56 Å². The summed E-state index contributed by atoms with van der Waals surface area (Å²) in [6.07, 6.45) is 3.11. The lowest BCUT2D eigenvalue weighted by molar-refractivity contribution is 0.295. The number of hydrogen-bond acceptors (Lipinski definition) is 7. The van der Waals surface area contributed by atoms with Crippen molar-refractivity contribution in [2.45, 2.75) is 6.61 Å². The number of halogens is 2. The van der Waals surface area contributed by atoms with Gasteiger partial charge in [0.2, 0.25) is 0 Å². The Hall–Kier alpha value is -3.04. The minimum Gasteiger partial charge on any atom is -0.486 e. The Labute approximate surface area is 160 Å². The van der Waals surface area contributed by atoms with E-state index in [0.29, 0.717) is 38.2 Å². The molecule has 0 spiro atoms. The van der Waals surface area contributed by atoms with Crippen LogP contribution in [0.1, 0.15) is 5.82 Å². The largest absolute Gasteiger partial charge is 0.486 e. The van der Waals surface area contributed by atoms with Crippen molar-refractivity contribution in [3.05, 3.63) is 63.7 Å². The Kier molecular flexibility index (Phi) is 4.46. The van der Waals surface area contributed by atoms with Crippen molar-refractivity contribution >= 4 is 39.0 Å². The number of nitrogens with two attached hydrogens (primary N) is 1. The zero-order valence-corrected chi connectivity index (χ0v) is 15.1. The number of nitrogens with one attached hydrogen (secondary N) is 1. The summed E-state index contributed by atoms with van der Waals surface area (Å²) in [6, 6.07) is 5.57. The average Bonchev–Trinajstić information content (AvgIpc) is 3.08. The van der Waals surface area contributed by atoms with Gasteiger partial charge in [0.15, 0.2) is 5.13 Å². The van der Waals surface area contributed by atoms with Crippen molar-refractivity contribution in [3.63, 3.8) is 0 Å². The summed E-state index contributed by atoms with van der Waals surface area (Å²) in [7, 11) is 0. The predicted octanol–water partition coefficient (Wildman–Crippen LogP) is 3.40. The average molecular weight is 404 g/mol. The maximum Gasteiger partial charge on any atom is 0.258 e. The molecule has 27 heavy (non-hydrogen) atoms. The van der Waals surface area contributed by atoms with Crippen LogP contribution >= 0.6 is 22.9 Å². The van der Waals surface area contributed by atoms with Gasteiger partial charge in [-0.3, -0.25) is 9.78 Å². The maximum atomic E-state index is 13.2. The molecule has 1 aromatic carbocycles. The SMILES string of the molecule is Nc1ncc(-c2nccc3c(=O)[nH]c(COc4ccc(F)c(Cl)c4)nc23)s1. The smallest absolute Gasteiger partial charge is 0.258 e. The van der Waals surface area contributed by atoms with Gasteiger partial charge < -0.3 is 15.5 Å². The molecule has 0 radical (unpaired) electrons. The number of H-pyrrole nitrogens is 1. The van der Waals surface area contributed by atoms with E-state index in [1.54, 1.807) is 12.3 Å². The van der Waals surface area contributed by atoms with E-state index in [-0.39, 0.29) is 17.2 Å². The van der Waals surface area contributed by atoms with Crippen LogP contribution in [0.5, 0.6) is 5.75 Å². The van der Waals surface area contributed by atoms with Gasteiger partial charge in [-0.05, 0) is 18.2 Å². The van der Waals surface area contributed by atoms with Crippen LogP contribution < -0.4 is 16.0 Å². The van der Waals surface area contributed by atoms with E-state index >= 15 is 0 Å². The number of aromatic amines is 1. The number of thiazole rings is 1. The van der Waals surface area contributed by atoms with E-state index in [2.05, 4.69) is 19.9 Å². The summed E-state index contributed by atoms with van der Waals surface area (Å²) in [5.41, 5.74) is 6.30. The highest BCUT2D eigenvalue weighted by molar-refractivity contribution is 7.18. The third-order valence-electron chi connectivity index (χ3n) is 3.70. The standard InChI is InChI=1S/C17H11ClFN5O2S/c18-10-5-8(1-2-11(10)19)26-7-13-23-14-9(16(25)24-13)3-4-21-15(14)12-6-22-17(20)27-12/h1-6H,7H2,(H2,20,22)(H,23,24,25). The number of benzene rings is 1. The molecule has 10 heteroatoms. The number of nitrogens with zero attached hydrogens (tertiary/aromatic N) is 3. The van der Waals surface area contributed by atoms with Gasteiger partial charge in [-0.1, -0.05) is 22.9 Å². The van der Waals surface area contributed by atoms with Gasteiger partial charge in [0.1, 0.15) is 35.2 Å². The van der Waals surface area contributed by atoms with Crippen molar-refractivity contribution < 1.29 is 9.13 Å². The van der Waals surface area contributed by atoms with Crippen LogP contribution in [0.3, 0.4) is 0 Å². The number of aromatic nitrogens is 4. The maximum absolute atomic E-state index is 13.2. The van der Waals surface area contributed by atoms with Gasteiger partial charge in [-0.15, -0.1) is 0 Å². The zero-order valence-electron chi connectivity index (χ0n) is 13.6. The van der Waals surface area contributed by atoms with Gasteiger partial charge >= 0.3 is 0 Å². The molecule has 136 valence electrons. The first-order chi connectivity index (χ1) is 13.0. The molecular formula is C17H11ClFN5O2S. The Morgan fingerprint density at radius 1 is 1.30 bits per heavy atom. The topological polar surface area (TPSA) is 107 Å². The summed E-state index contributed by atoms with van der Waals surface area (Å²) in [6.45, 7) is -0.0354. The highest BCUT2D eigenvalue weighted by Gasteiger charge is 2.14. The van der Waals surface area contributed by atoms with Crippen molar-refractivity contribution in [3.8, 4) is 16.3 Å². The van der Waals surface area contributed by atoms with Gasteiger partial charge in [0, 0.05) is 18.5 Å². The van der Waals surface area contributed by atoms with Crippen LogP contribution in [0, 0.1) is 5.82 Å². The number of pyridine rings is 1. The van der Waals surface area contributed by atoms with E-state index in [1.165, 1.54) is 35.7 Å². The van der Waals surface area contributed by atoms with E-state index in [1.807, 2.05) is 0 Å². The first-order valence-electron chi connectivity index (χ1n) is 7.68. The fraction of sp³-hybridized carbons (Fsp3) is 0.0588. The van der Waals surface area contributed by atoms with E-state index in [9.17, 15) is 9.18 Å². The molecule has 0 aliphatic rings. The van der Waals surface area contributed by atoms with E-state index < -0.39 is 5.82 Å². The fourth-order valence-corrected chi connectivity index (χ4v) is 3.33. The van der Waals surface area contributed by atoms with E-state index in [4.69, 9.17) is 22.1 Å². The lowest BCUT2D eigenvalue weighted by Gasteiger charge is -2.08. The second kappa shape index (κ2) is 6.93. The van der Waals surface area contributed by atoms with Crippen LogP contribution in [0.25, 0.3) is 21.5 Å². The predicted molar refractivity (Wildman–Crippen MR) is 101 cm³/mol. The summed E-state index contributed by atoms with van der Waals surface area (Å²) in [5.74, 6) is 0.103. The Bertz CT molecular complexity index is 1210. The molecule has 3 N–H and O–H groups in total. The number of anilines is 1. The normalized spacial score (nSPS) is 11.0. The van der Waals surface area contributed by atoms with Crippen molar-refractivity contribution in [1.82, 2.24) is 19.9 Å². The summed E-state index contributed by atoms with van der Waals surface area (Å²) >= 11 is 6.99. The van der Waals surface area contributed by atoms with Crippen molar-refractivity contribution in [1.29, 1.82) is 0 Å². The first kappa shape index (κ1) is 17.4. The highest BCUT2D eigenvalue weighted by atomic mass is 35.5. The van der Waals surface area contributed by atoms with Gasteiger partial charge in [-0.2, -0.15) is 0 Å². The molecule has 0 unspecified atom stereocenters. The molecule has 3 aromatic heterocycles. The lowest BCUT2D eigenvalue weighted by atomic mass is 10.2. The van der Waals surface area contributed by atoms with Gasteiger partial charge in [0.05, 0.1) is 15.3 Å². The molecule has 3 heterocycles. The Morgan fingerprint density at radius 3 is 2.89 bits per heavy atom. The lowest BCUT2D eigenvalue weighted by Crippen LogP contribution is -2.14. The molecule has 0 saturated carbocycles. The summed E-state index contributed by atoms with van der Waals surface area (Å²) < 4.78 is 18.8. The number of hydrogen-bond donors (Lipinski definition) is 2. The second-order valence-electron chi connectivity index (χ2n) is 5.50. The van der Waals surface area contributed by atoms with Crippen LogP contribution in [-0.2, 0) is 6.61 Å². The number of rotatable bonds is 4. The molecule has 0 amide bonds. The fourth-order valence-electron chi connectivity index (χ4n) is 2.48. The van der Waals surface area contributed by atoms with E-state index in [0.717, 1.165) is 0 Å². The molecule has 0 bridgehead atoms. The summed E-state index contributed by atoms with van der Waals surface area (Å²) in [5, 5.41) is 0.729. The van der Waals surface area contributed by atoms with Crippen LogP contribution in [-0.4, -0.2) is 19.9 Å². The van der Waals surface area contributed by atoms with Crippen LogP contribution in [0.15, 0.2) is 41.5 Å². The third-order valence-corrected chi connectivity index (χ3v) is 4.82. The molecule has 0 fully saturated rings. The molecule has 0 atom stereocenters. The van der Waals surface area contributed by atoms with Crippen LogP contribution in [0.2, 0.25) is 5.02 Å². The molecule has 7 nitrogen and oxygen atoms in total. The minimum absolute atomic E-state index is 0.0354. The van der Waals surface area contributed by atoms with Crippen LogP contribution in [0.4, 0.5) is 9.52 Å².